The number of aromatic nitrogens is 2. The summed E-state index contributed by atoms with van der Waals surface area (Å²) >= 11 is 0. The molecule has 14 heavy (non-hydrogen) atoms. The van der Waals surface area contributed by atoms with Crippen molar-refractivity contribution in [3.05, 3.63) is 17.0 Å². The molecule has 1 aliphatic carbocycles. The number of β-amino-alcohol motifs (C(OH)–C–C–N with tert-alkyl or cyclic N) is 1. The summed E-state index contributed by atoms with van der Waals surface area (Å²) < 4.78 is 0. The van der Waals surface area contributed by atoms with Crippen LogP contribution < -0.4 is 5.32 Å². The summed E-state index contributed by atoms with van der Waals surface area (Å²) in [6.07, 6.45) is 4.18. The predicted molar refractivity (Wildman–Crippen MR) is 52.1 cm³/mol. The molecule has 3 rings (SSSR count). The first-order chi connectivity index (χ1) is 6.77. The Morgan fingerprint density at radius 3 is 2.93 bits per heavy atom. The van der Waals surface area contributed by atoms with Gasteiger partial charge in [-0.2, -0.15) is 5.10 Å². The Morgan fingerprint density at radius 1 is 1.36 bits per heavy atom. The molecule has 0 spiro atoms. The topological polar surface area (TPSA) is 60.9 Å². The smallest absolute Gasteiger partial charge is 0.0950 e. The van der Waals surface area contributed by atoms with Crippen molar-refractivity contribution in [2.45, 2.75) is 31.3 Å². The van der Waals surface area contributed by atoms with Crippen molar-refractivity contribution in [1.29, 1.82) is 0 Å². The zero-order valence-corrected chi connectivity index (χ0v) is 8.14. The Labute approximate surface area is 82.7 Å². The van der Waals surface area contributed by atoms with Gasteiger partial charge in [0.2, 0.25) is 0 Å². The molecule has 4 nitrogen and oxygen atoms in total. The average molecular weight is 193 g/mol. The van der Waals surface area contributed by atoms with E-state index >= 15 is 0 Å². The van der Waals surface area contributed by atoms with E-state index in [9.17, 15) is 5.11 Å². The molecule has 0 bridgehead atoms. The standard InChI is InChI=1S/C10H15N3O/c14-10(5-11-6-10)4-9-7-2-1-3-8(7)12-13-9/h11,14H,1-6H2,(H,12,13). The molecule has 0 unspecified atom stereocenters. The third-order valence-electron chi connectivity index (χ3n) is 3.30. The second-order valence-corrected chi connectivity index (χ2v) is 4.49. The van der Waals surface area contributed by atoms with Crippen LogP contribution >= 0.6 is 0 Å². The minimum Gasteiger partial charge on any atom is -0.387 e. The molecule has 0 aromatic carbocycles. The van der Waals surface area contributed by atoms with E-state index in [-0.39, 0.29) is 0 Å². The molecule has 2 aliphatic rings. The van der Waals surface area contributed by atoms with Crippen LogP contribution in [0.2, 0.25) is 0 Å². The van der Waals surface area contributed by atoms with Gasteiger partial charge in [-0.25, -0.2) is 0 Å². The highest BCUT2D eigenvalue weighted by molar-refractivity contribution is 5.31. The number of aliphatic hydroxyl groups is 1. The third kappa shape index (κ3) is 1.18. The second-order valence-electron chi connectivity index (χ2n) is 4.49. The van der Waals surface area contributed by atoms with Gasteiger partial charge in [0.05, 0.1) is 11.3 Å². The van der Waals surface area contributed by atoms with Crippen LogP contribution in [0.1, 0.15) is 23.4 Å². The fourth-order valence-corrected chi connectivity index (χ4v) is 2.38. The minimum atomic E-state index is -0.536. The highest BCUT2D eigenvalue weighted by Gasteiger charge is 2.36. The van der Waals surface area contributed by atoms with E-state index in [0.717, 1.165) is 18.5 Å². The molecule has 2 heterocycles. The molecule has 1 aliphatic heterocycles. The maximum atomic E-state index is 10.00. The van der Waals surface area contributed by atoms with E-state index in [1.165, 1.54) is 17.7 Å². The van der Waals surface area contributed by atoms with Crippen LogP contribution in [0, 0.1) is 0 Å². The molecule has 76 valence electrons. The summed E-state index contributed by atoms with van der Waals surface area (Å²) in [5.41, 5.74) is 3.20. The highest BCUT2D eigenvalue weighted by atomic mass is 16.3. The Balaban J connectivity index is 1.83. The molecule has 3 N–H and O–H groups in total. The van der Waals surface area contributed by atoms with Crippen LogP contribution in [0.4, 0.5) is 0 Å². The Morgan fingerprint density at radius 2 is 2.21 bits per heavy atom. The third-order valence-corrected chi connectivity index (χ3v) is 3.30. The maximum absolute atomic E-state index is 10.00. The summed E-state index contributed by atoms with van der Waals surface area (Å²) in [6, 6.07) is 0. The van der Waals surface area contributed by atoms with Crippen LogP contribution in [-0.4, -0.2) is 34.0 Å². The first-order valence-electron chi connectivity index (χ1n) is 5.25. The molecule has 1 aromatic heterocycles. The van der Waals surface area contributed by atoms with Crippen LogP contribution in [0.15, 0.2) is 0 Å². The average Bonchev–Trinajstić information content (AvgIpc) is 2.66. The first kappa shape index (κ1) is 8.44. The molecule has 1 saturated heterocycles. The number of hydrogen-bond acceptors (Lipinski definition) is 3. The number of rotatable bonds is 2. The van der Waals surface area contributed by atoms with Crippen molar-refractivity contribution in [3.8, 4) is 0 Å². The van der Waals surface area contributed by atoms with Gasteiger partial charge in [-0.15, -0.1) is 0 Å². The normalized spacial score (nSPS) is 23.2. The summed E-state index contributed by atoms with van der Waals surface area (Å²) in [5, 5.41) is 20.5. The molecule has 0 saturated carbocycles. The van der Waals surface area contributed by atoms with E-state index in [2.05, 4.69) is 15.5 Å². The molecule has 0 amide bonds. The lowest BCUT2D eigenvalue weighted by Crippen LogP contribution is -2.60. The number of fused-ring (bicyclic) bond motifs is 1. The van der Waals surface area contributed by atoms with Gasteiger partial charge >= 0.3 is 0 Å². The van der Waals surface area contributed by atoms with Gasteiger partial charge in [0, 0.05) is 25.2 Å². The van der Waals surface area contributed by atoms with Gasteiger partial charge in [-0.1, -0.05) is 0 Å². The summed E-state index contributed by atoms with van der Waals surface area (Å²) in [4.78, 5) is 0. The largest absolute Gasteiger partial charge is 0.387 e. The fourth-order valence-electron chi connectivity index (χ4n) is 2.38. The Hall–Kier alpha value is -0.870. The number of aryl methyl sites for hydroxylation is 1. The second kappa shape index (κ2) is 2.81. The molecule has 0 atom stereocenters. The molecule has 0 radical (unpaired) electrons. The quantitative estimate of drug-likeness (QED) is 0.608. The van der Waals surface area contributed by atoms with E-state index in [1.807, 2.05) is 0 Å². The zero-order valence-electron chi connectivity index (χ0n) is 8.14. The summed E-state index contributed by atoms with van der Waals surface area (Å²) in [6.45, 7) is 1.41. The van der Waals surface area contributed by atoms with E-state index in [0.29, 0.717) is 19.5 Å². The van der Waals surface area contributed by atoms with Gasteiger partial charge in [-0.3, -0.25) is 5.10 Å². The van der Waals surface area contributed by atoms with E-state index in [4.69, 9.17) is 0 Å². The Bertz CT molecular complexity index is 354. The lowest BCUT2D eigenvalue weighted by molar-refractivity contribution is -0.00998. The van der Waals surface area contributed by atoms with Crippen LogP contribution in [-0.2, 0) is 19.3 Å². The molecule has 1 fully saturated rings. The zero-order chi connectivity index (χ0) is 9.60. The summed E-state index contributed by atoms with van der Waals surface area (Å²) in [5.74, 6) is 0. The minimum absolute atomic E-state index is 0.536. The lowest BCUT2D eigenvalue weighted by atomic mass is 9.90. The Kier molecular flexibility index (Phi) is 1.69. The summed E-state index contributed by atoms with van der Waals surface area (Å²) in [7, 11) is 0. The van der Waals surface area contributed by atoms with Crippen molar-refractivity contribution in [1.82, 2.24) is 15.5 Å². The number of nitrogens with zero attached hydrogens (tertiary/aromatic N) is 1. The SMILES string of the molecule is OC1(Cc2n[nH]c3c2CCC3)CNC1. The maximum Gasteiger partial charge on any atom is 0.0950 e. The van der Waals surface area contributed by atoms with Gasteiger partial charge in [0.25, 0.3) is 0 Å². The van der Waals surface area contributed by atoms with Gasteiger partial charge < -0.3 is 10.4 Å². The van der Waals surface area contributed by atoms with Crippen molar-refractivity contribution in [2.24, 2.45) is 0 Å². The van der Waals surface area contributed by atoms with Crippen molar-refractivity contribution in [2.75, 3.05) is 13.1 Å². The highest BCUT2D eigenvalue weighted by Crippen LogP contribution is 2.26. The fraction of sp³-hybridized carbons (Fsp3) is 0.700. The van der Waals surface area contributed by atoms with Crippen molar-refractivity contribution in [3.63, 3.8) is 0 Å². The van der Waals surface area contributed by atoms with Crippen LogP contribution in [0.25, 0.3) is 0 Å². The molecular formula is C10H15N3O. The number of hydrogen-bond donors (Lipinski definition) is 3. The van der Waals surface area contributed by atoms with Crippen molar-refractivity contribution >= 4 is 0 Å². The van der Waals surface area contributed by atoms with Crippen molar-refractivity contribution < 1.29 is 5.11 Å². The molecular weight excluding hydrogens is 178 g/mol. The van der Waals surface area contributed by atoms with Crippen LogP contribution in [0.5, 0.6) is 0 Å². The lowest BCUT2D eigenvalue weighted by Gasteiger charge is -2.37. The monoisotopic (exact) mass is 193 g/mol. The number of H-pyrrole nitrogens is 1. The van der Waals surface area contributed by atoms with Crippen LogP contribution in [0.3, 0.4) is 0 Å². The molecule has 1 aromatic rings. The number of aromatic amines is 1. The van der Waals surface area contributed by atoms with Gasteiger partial charge in [-0.05, 0) is 24.8 Å². The van der Waals surface area contributed by atoms with E-state index in [1.54, 1.807) is 0 Å². The van der Waals surface area contributed by atoms with Gasteiger partial charge in [0.1, 0.15) is 0 Å². The number of nitrogens with one attached hydrogen (secondary N) is 2. The van der Waals surface area contributed by atoms with Gasteiger partial charge in [0.15, 0.2) is 0 Å². The predicted octanol–water partition coefficient (Wildman–Crippen LogP) is -0.225. The van der Waals surface area contributed by atoms with E-state index < -0.39 is 5.60 Å². The first-order valence-corrected chi connectivity index (χ1v) is 5.25. The molecule has 4 heteroatoms.